The summed E-state index contributed by atoms with van der Waals surface area (Å²) in [6.07, 6.45) is 2.77. The van der Waals surface area contributed by atoms with Crippen molar-refractivity contribution in [3.63, 3.8) is 0 Å². The molecule has 0 atom stereocenters. The highest BCUT2D eigenvalue weighted by Gasteiger charge is 2.29. The molecule has 0 bridgehead atoms. The fourth-order valence-corrected chi connectivity index (χ4v) is 4.21. The quantitative estimate of drug-likeness (QED) is 0.727. The minimum absolute atomic E-state index is 0.615. The molecule has 1 saturated carbocycles. The summed E-state index contributed by atoms with van der Waals surface area (Å²) in [5, 5.41) is 5.17. The minimum atomic E-state index is 0.615. The molecule has 1 fully saturated rings. The van der Waals surface area contributed by atoms with Crippen molar-refractivity contribution in [1.82, 2.24) is 5.32 Å². The van der Waals surface area contributed by atoms with Gasteiger partial charge in [0, 0.05) is 16.1 Å². The molecule has 3 rings (SSSR count). The topological polar surface area (TPSA) is 12.0 Å². The summed E-state index contributed by atoms with van der Waals surface area (Å²) in [5.41, 5.74) is 3.14. The van der Waals surface area contributed by atoms with Crippen molar-refractivity contribution in [2.45, 2.75) is 58.9 Å². The molecule has 1 aliphatic carbocycles. The van der Waals surface area contributed by atoms with Gasteiger partial charge in [-0.2, -0.15) is 0 Å². The second-order valence-electron chi connectivity index (χ2n) is 7.15. The van der Waals surface area contributed by atoms with E-state index in [0.29, 0.717) is 5.92 Å². The van der Waals surface area contributed by atoms with E-state index in [4.69, 9.17) is 0 Å². The monoisotopic (exact) mass is 301 g/mol. The maximum absolute atomic E-state index is 3.63. The normalized spacial score (nSPS) is 15.5. The molecule has 1 aromatic carbocycles. The summed E-state index contributed by atoms with van der Waals surface area (Å²) in [5.74, 6) is 2.16. The van der Waals surface area contributed by atoms with E-state index in [1.807, 2.05) is 11.3 Å². The number of benzene rings is 1. The first kappa shape index (κ1) is 15.1. The summed E-state index contributed by atoms with van der Waals surface area (Å²) in [6, 6.07) is 7.11. The smallest absolute Gasteiger partial charge is 0.0349 e. The van der Waals surface area contributed by atoms with E-state index in [1.165, 1.54) is 28.5 Å². The Balaban J connectivity index is 1.94. The van der Waals surface area contributed by atoms with Gasteiger partial charge in [-0.25, -0.2) is 0 Å². The van der Waals surface area contributed by atoms with Crippen LogP contribution in [0.3, 0.4) is 0 Å². The Bertz CT molecular complexity index is 620. The molecule has 0 radical (unpaired) electrons. The van der Waals surface area contributed by atoms with Crippen LogP contribution >= 0.6 is 11.3 Å². The molecule has 0 saturated heterocycles. The van der Waals surface area contributed by atoms with Gasteiger partial charge in [-0.1, -0.05) is 33.8 Å². The molecule has 1 nitrogen and oxygen atoms in total. The number of thiophene rings is 1. The van der Waals surface area contributed by atoms with E-state index >= 15 is 0 Å². The maximum atomic E-state index is 3.63. The van der Waals surface area contributed by atoms with Crippen LogP contribution in [0.15, 0.2) is 18.2 Å². The van der Waals surface area contributed by atoms with Crippen LogP contribution in [0.25, 0.3) is 10.1 Å². The van der Waals surface area contributed by atoms with Crippen molar-refractivity contribution in [3.8, 4) is 0 Å². The van der Waals surface area contributed by atoms with Crippen molar-refractivity contribution < 1.29 is 0 Å². The van der Waals surface area contributed by atoms with Crippen LogP contribution in [-0.4, -0.2) is 6.54 Å². The van der Waals surface area contributed by atoms with Gasteiger partial charge < -0.3 is 5.32 Å². The fourth-order valence-electron chi connectivity index (χ4n) is 2.97. The standard InChI is InChI=1S/C19H27NS/c1-12(2)10-20-11-18-19(14-5-6-14)16-9-15(13(3)4)7-8-17(16)21-18/h7-9,12-14,20H,5-6,10-11H2,1-4H3. The zero-order valence-electron chi connectivity index (χ0n) is 13.7. The molecule has 2 heteroatoms. The number of fused-ring (bicyclic) bond motifs is 1. The second-order valence-corrected chi connectivity index (χ2v) is 8.28. The van der Waals surface area contributed by atoms with Crippen molar-refractivity contribution in [1.29, 1.82) is 0 Å². The lowest BCUT2D eigenvalue weighted by Gasteiger charge is -2.08. The zero-order valence-corrected chi connectivity index (χ0v) is 14.5. The predicted octanol–water partition coefficient (Wildman–Crippen LogP) is 5.65. The van der Waals surface area contributed by atoms with Gasteiger partial charge in [0.05, 0.1) is 0 Å². The van der Waals surface area contributed by atoms with Gasteiger partial charge in [0.15, 0.2) is 0 Å². The summed E-state index contributed by atoms with van der Waals surface area (Å²) in [7, 11) is 0. The lowest BCUT2D eigenvalue weighted by atomic mass is 9.98. The Hall–Kier alpha value is -0.860. The number of rotatable bonds is 6. The predicted molar refractivity (Wildman–Crippen MR) is 94.4 cm³/mol. The molecular formula is C19H27NS. The molecule has 1 heterocycles. The lowest BCUT2D eigenvalue weighted by Crippen LogP contribution is -2.18. The average Bonchev–Trinajstić information content (AvgIpc) is 3.19. The molecule has 0 spiro atoms. The van der Waals surface area contributed by atoms with Gasteiger partial charge in [-0.05, 0) is 65.8 Å². The molecule has 0 unspecified atom stereocenters. The van der Waals surface area contributed by atoms with Crippen LogP contribution in [0.5, 0.6) is 0 Å². The number of hydrogen-bond donors (Lipinski definition) is 1. The van der Waals surface area contributed by atoms with Crippen molar-refractivity contribution in [2.24, 2.45) is 5.92 Å². The molecule has 114 valence electrons. The van der Waals surface area contributed by atoms with E-state index in [2.05, 4.69) is 51.2 Å². The maximum Gasteiger partial charge on any atom is 0.0349 e. The minimum Gasteiger partial charge on any atom is -0.312 e. The van der Waals surface area contributed by atoms with E-state index in [1.54, 1.807) is 10.4 Å². The van der Waals surface area contributed by atoms with Crippen molar-refractivity contribution in [3.05, 3.63) is 34.2 Å². The molecule has 0 amide bonds. The highest BCUT2D eigenvalue weighted by molar-refractivity contribution is 7.19. The van der Waals surface area contributed by atoms with Gasteiger partial charge in [-0.3, -0.25) is 0 Å². The van der Waals surface area contributed by atoms with Gasteiger partial charge >= 0.3 is 0 Å². The average molecular weight is 301 g/mol. The molecule has 1 aromatic heterocycles. The molecule has 2 aromatic rings. The van der Waals surface area contributed by atoms with Gasteiger partial charge in [0.1, 0.15) is 0 Å². The van der Waals surface area contributed by atoms with E-state index < -0.39 is 0 Å². The van der Waals surface area contributed by atoms with Crippen LogP contribution in [0, 0.1) is 5.92 Å². The van der Waals surface area contributed by atoms with Crippen molar-refractivity contribution in [2.75, 3.05) is 6.54 Å². The second kappa shape index (κ2) is 6.10. The summed E-state index contributed by atoms with van der Waals surface area (Å²) in [4.78, 5) is 1.58. The van der Waals surface area contributed by atoms with E-state index in [9.17, 15) is 0 Å². The highest BCUT2D eigenvalue weighted by Crippen LogP contribution is 2.48. The zero-order chi connectivity index (χ0) is 15.0. The summed E-state index contributed by atoms with van der Waals surface area (Å²) < 4.78 is 1.47. The van der Waals surface area contributed by atoms with Crippen LogP contribution in [0.2, 0.25) is 0 Å². The third-order valence-corrected chi connectivity index (χ3v) is 5.50. The van der Waals surface area contributed by atoms with Crippen LogP contribution in [-0.2, 0) is 6.54 Å². The molecule has 0 aliphatic heterocycles. The van der Waals surface area contributed by atoms with E-state index in [-0.39, 0.29) is 0 Å². The Morgan fingerprint density at radius 3 is 2.57 bits per heavy atom. The van der Waals surface area contributed by atoms with Crippen LogP contribution < -0.4 is 5.32 Å². The van der Waals surface area contributed by atoms with Gasteiger partial charge in [0.2, 0.25) is 0 Å². The first-order valence-corrected chi connectivity index (χ1v) is 9.13. The van der Waals surface area contributed by atoms with Gasteiger partial charge in [-0.15, -0.1) is 11.3 Å². The fraction of sp³-hybridized carbons (Fsp3) is 0.579. The van der Waals surface area contributed by atoms with Crippen molar-refractivity contribution >= 4 is 21.4 Å². The summed E-state index contributed by atoms with van der Waals surface area (Å²) >= 11 is 2.00. The molecule has 1 aliphatic rings. The Kier molecular flexibility index (Phi) is 4.37. The number of hydrogen-bond acceptors (Lipinski definition) is 2. The largest absolute Gasteiger partial charge is 0.312 e. The Labute approximate surface area is 132 Å². The molecule has 21 heavy (non-hydrogen) atoms. The SMILES string of the molecule is CC(C)CNCc1sc2ccc(C(C)C)cc2c1C1CC1. The van der Waals surface area contributed by atoms with Crippen LogP contribution in [0.1, 0.15) is 68.4 Å². The Morgan fingerprint density at radius 2 is 1.95 bits per heavy atom. The number of nitrogens with one attached hydrogen (secondary N) is 1. The molecular weight excluding hydrogens is 274 g/mol. The Morgan fingerprint density at radius 1 is 1.19 bits per heavy atom. The summed E-state index contributed by atoms with van der Waals surface area (Å²) in [6.45, 7) is 11.3. The first-order chi connectivity index (χ1) is 10.1. The highest BCUT2D eigenvalue weighted by atomic mass is 32.1. The van der Waals surface area contributed by atoms with Gasteiger partial charge in [0.25, 0.3) is 0 Å². The third kappa shape index (κ3) is 3.32. The lowest BCUT2D eigenvalue weighted by molar-refractivity contribution is 0.554. The third-order valence-electron chi connectivity index (χ3n) is 4.32. The van der Waals surface area contributed by atoms with E-state index in [0.717, 1.165) is 24.9 Å². The molecule has 1 N–H and O–H groups in total. The van der Waals surface area contributed by atoms with Crippen LogP contribution in [0.4, 0.5) is 0 Å². The first-order valence-electron chi connectivity index (χ1n) is 8.32.